The molecule has 1 aliphatic heterocycles. The molecule has 1 saturated heterocycles. The molecule has 0 bridgehead atoms. The second-order valence-electron chi connectivity index (χ2n) is 9.71. The predicted octanol–water partition coefficient (Wildman–Crippen LogP) is 4.17. The zero-order valence-electron chi connectivity index (χ0n) is 22.6. The number of aliphatic hydroxyl groups excluding tert-OH is 1. The lowest BCUT2D eigenvalue weighted by molar-refractivity contribution is -0.144. The quantitative estimate of drug-likeness (QED) is 0.198. The molecule has 2 N–H and O–H groups in total. The molecule has 2 aromatic heterocycles. The number of fused-ring (bicyclic) bond motifs is 4. The van der Waals surface area contributed by atoms with E-state index in [0.717, 1.165) is 31.3 Å². The summed E-state index contributed by atoms with van der Waals surface area (Å²) >= 11 is 1.66. The molecule has 0 unspecified atom stereocenters. The van der Waals surface area contributed by atoms with Crippen LogP contribution in [0.15, 0.2) is 69.9 Å². The number of carbonyl (C=O) groups is 1. The fourth-order valence-corrected chi connectivity index (χ4v) is 6.45. The SMILES string of the molecule is COC(=O)[C@H](CO)NCCOc1ccc(-c2cccc3c(=O)cc(N4CCOCC4)oc23)c2sc3ccccc3c12. The van der Waals surface area contributed by atoms with Crippen LogP contribution in [0.1, 0.15) is 0 Å². The first-order chi connectivity index (χ1) is 20.1. The van der Waals surface area contributed by atoms with Gasteiger partial charge in [0.15, 0.2) is 11.3 Å². The van der Waals surface area contributed by atoms with E-state index in [9.17, 15) is 14.7 Å². The fraction of sp³-hybridized carbons (Fsp3) is 0.290. The van der Waals surface area contributed by atoms with Crippen LogP contribution in [0.3, 0.4) is 0 Å². The largest absolute Gasteiger partial charge is 0.492 e. The van der Waals surface area contributed by atoms with E-state index in [1.165, 1.54) is 7.11 Å². The summed E-state index contributed by atoms with van der Waals surface area (Å²) in [5.41, 5.74) is 2.26. The monoisotopic (exact) mass is 574 g/mol. The number of benzene rings is 3. The van der Waals surface area contributed by atoms with Crippen LogP contribution in [0.5, 0.6) is 5.75 Å². The molecular weight excluding hydrogens is 544 g/mol. The molecule has 0 saturated carbocycles. The number of morpholine rings is 1. The van der Waals surface area contributed by atoms with Crippen LogP contribution in [-0.2, 0) is 14.3 Å². The molecule has 0 aliphatic carbocycles. The van der Waals surface area contributed by atoms with Crippen molar-refractivity contribution in [3.8, 4) is 16.9 Å². The molecule has 1 atom stereocenters. The molecule has 0 spiro atoms. The van der Waals surface area contributed by atoms with Gasteiger partial charge in [-0.3, -0.25) is 14.9 Å². The highest BCUT2D eigenvalue weighted by molar-refractivity contribution is 7.26. The molecule has 0 radical (unpaired) electrons. The molecule has 6 rings (SSSR count). The van der Waals surface area contributed by atoms with E-state index >= 15 is 0 Å². The molecule has 1 fully saturated rings. The van der Waals surface area contributed by atoms with Crippen molar-refractivity contribution in [3.63, 3.8) is 0 Å². The average Bonchev–Trinajstić information content (AvgIpc) is 3.41. The van der Waals surface area contributed by atoms with E-state index in [0.29, 0.717) is 55.5 Å². The summed E-state index contributed by atoms with van der Waals surface area (Å²) in [6.07, 6.45) is 0. The summed E-state index contributed by atoms with van der Waals surface area (Å²) in [5, 5.41) is 15.0. The van der Waals surface area contributed by atoms with E-state index in [2.05, 4.69) is 17.4 Å². The van der Waals surface area contributed by atoms with Crippen molar-refractivity contribution in [2.24, 2.45) is 0 Å². The number of hydrogen-bond acceptors (Lipinski definition) is 10. The predicted molar refractivity (Wildman–Crippen MR) is 160 cm³/mol. The van der Waals surface area contributed by atoms with E-state index in [1.807, 2.05) is 41.3 Å². The fourth-order valence-electron chi connectivity index (χ4n) is 5.21. The van der Waals surface area contributed by atoms with Crippen LogP contribution >= 0.6 is 11.3 Å². The Morgan fingerprint density at radius 3 is 2.68 bits per heavy atom. The Labute approximate surface area is 239 Å². The van der Waals surface area contributed by atoms with Gasteiger partial charge in [-0.15, -0.1) is 11.3 Å². The van der Waals surface area contributed by atoms with E-state index < -0.39 is 12.0 Å². The first kappa shape index (κ1) is 27.2. The Hall–Kier alpha value is -3.96. The molecular formula is C31H30N2O7S. The van der Waals surface area contributed by atoms with Crippen molar-refractivity contribution in [3.05, 3.63) is 70.9 Å². The van der Waals surface area contributed by atoms with Crippen LogP contribution in [0.2, 0.25) is 0 Å². The third-order valence-electron chi connectivity index (χ3n) is 7.26. The highest BCUT2D eigenvalue weighted by Crippen LogP contribution is 2.45. The smallest absolute Gasteiger partial charge is 0.325 e. The molecule has 3 aromatic carbocycles. The minimum Gasteiger partial charge on any atom is -0.492 e. The second kappa shape index (κ2) is 11.9. The zero-order valence-corrected chi connectivity index (χ0v) is 23.4. The van der Waals surface area contributed by atoms with Gasteiger partial charge in [0, 0.05) is 57.0 Å². The molecule has 10 heteroatoms. The normalized spacial score (nSPS) is 14.5. The number of para-hydroxylation sites is 1. The Morgan fingerprint density at radius 2 is 1.88 bits per heavy atom. The molecule has 0 amide bonds. The third-order valence-corrected chi connectivity index (χ3v) is 8.47. The van der Waals surface area contributed by atoms with Gasteiger partial charge in [-0.05, 0) is 24.3 Å². The van der Waals surface area contributed by atoms with Crippen molar-refractivity contribution < 1.29 is 28.5 Å². The molecule has 3 heterocycles. The zero-order chi connectivity index (χ0) is 28.3. The lowest BCUT2D eigenvalue weighted by Gasteiger charge is -2.27. The van der Waals surface area contributed by atoms with Crippen LogP contribution in [-0.4, -0.2) is 70.3 Å². The minimum atomic E-state index is -0.809. The second-order valence-corrected chi connectivity index (χ2v) is 10.8. The summed E-state index contributed by atoms with van der Waals surface area (Å²) in [6.45, 7) is 2.75. The summed E-state index contributed by atoms with van der Waals surface area (Å²) < 4.78 is 25.0. The number of aliphatic hydroxyl groups is 1. The topological polar surface area (TPSA) is 110 Å². The number of nitrogens with zero attached hydrogens (tertiary/aromatic N) is 1. The van der Waals surface area contributed by atoms with Crippen molar-refractivity contribution in [1.82, 2.24) is 5.32 Å². The highest BCUT2D eigenvalue weighted by Gasteiger charge is 2.21. The van der Waals surface area contributed by atoms with E-state index in [-0.39, 0.29) is 18.6 Å². The summed E-state index contributed by atoms with van der Waals surface area (Å²) in [6, 6.07) is 18.5. The Kier molecular flexibility index (Phi) is 7.89. The van der Waals surface area contributed by atoms with Gasteiger partial charge in [-0.25, -0.2) is 0 Å². The number of methoxy groups -OCH3 is 1. The van der Waals surface area contributed by atoms with Gasteiger partial charge in [0.2, 0.25) is 0 Å². The standard InChI is InChI=1S/C31H30N2O7S/c1-37-31(36)23(18-34)32-11-14-39-25-10-9-20(30-28(25)22-5-2-3-8-26(22)41-30)19-6-4-7-21-24(35)17-27(40-29(19)21)33-12-15-38-16-13-33/h2-10,17,23,32,34H,11-16,18H2,1H3/t23-/m0/s1. The lowest BCUT2D eigenvalue weighted by atomic mass is 10.00. The van der Waals surface area contributed by atoms with Crippen LogP contribution in [0.25, 0.3) is 42.3 Å². The molecule has 5 aromatic rings. The van der Waals surface area contributed by atoms with Crippen LogP contribution in [0.4, 0.5) is 5.88 Å². The first-order valence-electron chi connectivity index (χ1n) is 13.5. The number of anilines is 1. The molecule has 9 nitrogen and oxygen atoms in total. The Bertz CT molecular complexity index is 1770. The van der Waals surface area contributed by atoms with Crippen molar-refractivity contribution in [1.29, 1.82) is 0 Å². The van der Waals surface area contributed by atoms with Gasteiger partial charge in [-0.2, -0.15) is 0 Å². The summed E-state index contributed by atoms with van der Waals surface area (Å²) in [5.74, 6) is 0.727. The molecule has 41 heavy (non-hydrogen) atoms. The van der Waals surface area contributed by atoms with Crippen molar-refractivity contribution in [2.45, 2.75) is 6.04 Å². The maximum atomic E-state index is 13.2. The number of thiophene rings is 1. The summed E-state index contributed by atoms with van der Waals surface area (Å²) in [4.78, 5) is 27.0. The van der Waals surface area contributed by atoms with E-state index in [4.69, 9.17) is 18.6 Å². The van der Waals surface area contributed by atoms with Crippen molar-refractivity contribution in [2.75, 3.05) is 58.1 Å². The molecule has 212 valence electrons. The number of esters is 1. The van der Waals surface area contributed by atoms with Crippen LogP contribution < -0.4 is 20.4 Å². The number of nitrogens with one attached hydrogen (secondary N) is 1. The highest BCUT2D eigenvalue weighted by atomic mass is 32.1. The van der Waals surface area contributed by atoms with Gasteiger partial charge < -0.3 is 28.6 Å². The number of carbonyl (C=O) groups excluding carboxylic acids is 1. The van der Waals surface area contributed by atoms with Crippen LogP contribution in [0, 0.1) is 0 Å². The average molecular weight is 575 g/mol. The van der Waals surface area contributed by atoms with Crippen molar-refractivity contribution >= 4 is 54.3 Å². The Morgan fingerprint density at radius 1 is 1.07 bits per heavy atom. The van der Waals surface area contributed by atoms with Gasteiger partial charge in [0.05, 0.1) is 32.3 Å². The number of ether oxygens (including phenoxy) is 3. The van der Waals surface area contributed by atoms with Gasteiger partial charge in [0.1, 0.15) is 24.0 Å². The van der Waals surface area contributed by atoms with Gasteiger partial charge in [0.25, 0.3) is 0 Å². The van der Waals surface area contributed by atoms with Gasteiger partial charge in [-0.1, -0.05) is 30.3 Å². The maximum absolute atomic E-state index is 13.2. The lowest BCUT2D eigenvalue weighted by Crippen LogP contribution is -2.42. The molecule has 1 aliphatic rings. The maximum Gasteiger partial charge on any atom is 0.325 e. The van der Waals surface area contributed by atoms with Gasteiger partial charge >= 0.3 is 5.97 Å². The summed E-state index contributed by atoms with van der Waals surface area (Å²) in [7, 11) is 1.29. The Balaban J connectivity index is 1.41. The number of rotatable bonds is 9. The number of hydrogen-bond donors (Lipinski definition) is 2. The minimum absolute atomic E-state index is 0.0808. The third kappa shape index (κ3) is 5.27. The van der Waals surface area contributed by atoms with E-state index in [1.54, 1.807) is 23.5 Å². The first-order valence-corrected chi connectivity index (χ1v) is 14.3.